The molecular weight excluding hydrogens is 223 g/mol. The van der Waals surface area contributed by atoms with Gasteiger partial charge in [-0.15, -0.1) is 0 Å². The Labute approximate surface area is 97.1 Å². The minimum absolute atomic E-state index is 0.0127. The standard InChI is InChI=1S/C12H11FN2O2/c1-7(13)8-3-2-4-9(5-8)10-6-11(12(16)17)15-14-10/h2-7H,1H3,(H,14,15)(H,16,17). The Bertz CT molecular complexity index is 549. The number of halogens is 1. The van der Waals surface area contributed by atoms with Crippen molar-refractivity contribution in [3.8, 4) is 11.3 Å². The lowest BCUT2D eigenvalue weighted by molar-refractivity contribution is 0.0690. The second kappa shape index (κ2) is 4.37. The molecule has 0 aliphatic heterocycles. The molecule has 1 atom stereocenters. The summed E-state index contributed by atoms with van der Waals surface area (Å²) in [6.45, 7) is 1.45. The summed E-state index contributed by atoms with van der Waals surface area (Å²) in [4.78, 5) is 10.7. The van der Waals surface area contributed by atoms with Crippen molar-refractivity contribution < 1.29 is 14.3 Å². The lowest BCUT2D eigenvalue weighted by Crippen LogP contribution is -1.95. The van der Waals surface area contributed by atoms with Crippen molar-refractivity contribution >= 4 is 5.97 Å². The van der Waals surface area contributed by atoms with Crippen LogP contribution in [0.25, 0.3) is 11.3 Å². The predicted octanol–water partition coefficient (Wildman–Crippen LogP) is 2.81. The van der Waals surface area contributed by atoms with Gasteiger partial charge in [0, 0.05) is 5.56 Å². The van der Waals surface area contributed by atoms with Gasteiger partial charge in [0.2, 0.25) is 0 Å². The van der Waals surface area contributed by atoms with E-state index < -0.39 is 12.1 Å². The largest absolute Gasteiger partial charge is 0.477 e. The molecule has 1 aromatic heterocycles. The van der Waals surface area contributed by atoms with Gasteiger partial charge < -0.3 is 5.11 Å². The highest BCUT2D eigenvalue weighted by Crippen LogP contribution is 2.23. The molecule has 2 rings (SSSR count). The quantitative estimate of drug-likeness (QED) is 0.858. The molecule has 1 unspecified atom stereocenters. The van der Waals surface area contributed by atoms with Gasteiger partial charge in [0.25, 0.3) is 0 Å². The molecule has 1 aromatic carbocycles. The zero-order valence-corrected chi connectivity index (χ0v) is 9.14. The summed E-state index contributed by atoms with van der Waals surface area (Å²) in [6.07, 6.45) is -1.06. The molecule has 5 heteroatoms. The first kappa shape index (κ1) is 11.3. The molecule has 4 nitrogen and oxygen atoms in total. The Kier molecular flexibility index (Phi) is 2.91. The monoisotopic (exact) mass is 234 g/mol. The summed E-state index contributed by atoms with van der Waals surface area (Å²) in [5.74, 6) is -1.07. The second-order valence-electron chi connectivity index (χ2n) is 3.71. The molecular formula is C12H11FN2O2. The molecule has 0 aliphatic rings. The zero-order valence-electron chi connectivity index (χ0n) is 9.14. The van der Waals surface area contributed by atoms with Crippen LogP contribution in [0.1, 0.15) is 29.1 Å². The summed E-state index contributed by atoms with van der Waals surface area (Å²) in [5, 5.41) is 15.0. The van der Waals surface area contributed by atoms with Gasteiger partial charge in [-0.25, -0.2) is 9.18 Å². The van der Waals surface area contributed by atoms with Crippen LogP contribution in [0.3, 0.4) is 0 Å². The molecule has 88 valence electrons. The van der Waals surface area contributed by atoms with Crippen molar-refractivity contribution in [2.24, 2.45) is 0 Å². The summed E-state index contributed by atoms with van der Waals surface area (Å²) in [5.41, 5.74) is 1.74. The Morgan fingerprint density at radius 1 is 1.47 bits per heavy atom. The maximum Gasteiger partial charge on any atom is 0.353 e. The van der Waals surface area contributed by atoms with Gasteiger partial charge in [-0.1, -0.05) is 18.2 Å². The van der Waals surface area contributed by atoms with E-state index in [1.54, 1.807) is 24.3 Å². The molecule has 0 radical (unpaired) electrons. The van der Waals surface area contributed by atoms with E-state index in [1.165, 1.54) is 13.0 Å². The number of carboxylic acids is 1. The average molecular weight is 234 g/mol. The fraction of sp³-hybridized carbons (Fsp3) is 0.167. The number of benzene rings is 1. The van der Waals surface area contributed by atoms with Crippen molar-refractivity contribution in [2.45, 2.75) is 13.1 Å². The number of nitrogens with one attached hydrogen (secondary N) is 1. The summed E-state index contributed by atoms with van der Waals surface area (Å²) >= 11 is 0. The van der Waals surface area contributed by atoms with E-state index in [1.807, 2.05) is 0 Å². The summed E-state index contributed by atoms with van der Waals surface area (Å²) < 4.78 is 13.1. The SMILES string of the molecule is CC(F)c1cccc(-c2cc(C(=O)O)[nH]n2)c1. The molecule has 0 spiro atoms. The van der Waals surface area contributed by atoms with Gasteiger partial charge in [0.1, 0.15) is 11.9 Å². The summed E-state index contributed by atoms with van der Waals surface area (Å²) in [6, 6.07) is 8.24. The van der Waals surface area contributed by atoms with Crippen molar-refractivity contribution in [1.29, 1.82) is 0 Å². The van der Waals surface area contributed by atoms with E-state index in [9.17, 15) is 9.18 Å². The number of hydrogen-bond donors (Lipinski definition) is 2. The topological polar surface area (TPSA) is 66.0 Å². The van der Waals surface area contributed by atoms with Crippen LogP contribution >= 0.6 is 0 Å². The molecule has 0 fully saturated rings. The summed E-state index contributed by atoms with van der Waals surface area (Å²) in [7, 11) is 0. The first-order valence-electron chi connectivity index (χ1n) is 5.11. The molecule has 0 saturated heterocycles. The average Bonchev–Trinajstić information content (AvgIpc) is 2.78. The number of H-pyrrole nitrogens is 1. The number of nitrogens with zero attached hydrogens (tertiary/aromatic N) is 1. The van der Waals surface area contributed by atoms with Crippen LogP contribution in [0.2, 0.25) is 0 Å². The zero-order chi connectivity index (χ0) is 12.4. The minimum atomic E-state index is -1.07. The van der Waals surface area contributed by atoms with Gasteiger partial charge in [-0.05, 0) is 24.6 Å². The van der Waals surface area contributed by atoms with Crippen molar-refractivity contribution in [2.75, 3.05) is 0 Å². The highest BCUT2D eigenvalue weighted by Gasteiger charge is 2.10. The number of aromatic nitrogens is 2. The van der Waals surface area contributed by atoms with E-state index in [0.717, 1.165) is 0 Å². The fourth-order valence-electron chi connectivity index (χ4n) is 1.52. The first-order chi connectivity index (χ1) is 8.08. The first-order valence-corrected chi connectivity index (χ1v) is 5.11. The minimum Gasteiger partial charge on any atom is -0.477 e. The van der Waals surface area contributed by atoms with Crippen LogP contribution < -0.4 is 0 Å². The molecule has 0 bridgehead atoms. The molecule has 0 saturated carbocycles. The normalized spacial score (nSPS) is 12.4. The van der Waals surface area contributed by atoms with Crippen LogP contribution in [-0.2, 0) is 0 Å². The smallest absolute Gasteiger partial charge is 0.353 e. The molecule has 17 heavy (non-hydrogen) atoms. The van der Waals surface area contributed by atoms with Crippen molar-refractivity contribution in [3.63, 3.8) is 0 Å². The Morgan fingerprint density at radius 2 is 2.24 bits per heavy atom. The van der Waals surface area contributed by atoms with Gasteiger partial charge in [-0.3, -0.25) is 5.10 Å². The highest BCUT2D eigenvalue weighted by atomic mass is 19.1. The third kappa shape index (κ3) is 2.33. The number of aromatic amines is 1. The van der Waals surface area contributed by atoms with Gasteiger partial charge in [0.15, 0.2) is 0 Å². The maximum absolute atomic E-state index is 13.1. The van der Waals surface area contributed by atoms with Gasteiger partial charge in [-0.2, -0.15) is 5.10 Å². The van der Waals surface area contributed by atoms with Gasteiger partial charge >= 0.3 is 5.97 Å². The Balaban J connectivity index is 2.38. The van der Waals surface area contributed by atoms with Crippen LogP contribution in [0, 0.1) is 0 Å². The predicted molar refractivity (Wildman–Crippen MR) is 60.5 cm³/mol. The molecule has 2 N–H and O–H groups in total. The van der Waals surface area contributed by atoms with Gasteiger partial charge in [0.05, 0.1) is 5.69 Å². The second-order valence-corrected chi connectivity index (χ2v) is 3.71. The van der Waals surface area contributed by atoms with Crippen molar-refractivity contribution in [3.05, 3.63) is 41.6 Å². The van der Waals surface area contributed by atoms with E-state index in [4.69, 9.17) is 5.11 Å². The Morgan fingerprint density at radius 3 is 2.82 bits per heavy atom. The highest BCUT2D eigenvalue weighted by molar-refractivity contribution is 5.86. The van der Waals surface area contributed by atoms with E-state index >= 15 is 0 Å². The maximum atomic E-state index is 13.1. The fourth-order valence-corrected chi connectivity index (χ4v) is 1.52. The molecule has 2 aromatic rings. The van der Waals surface area contributed by atoms with Crippen LogP contribution in [-0.4, -0.2) is 21.3 Å². The number of carboxylic acid groups (broad SMARTS) is 1. The number of rotatable bonds is 3. The molecule has 0 amide bonds. The number of alkyl halides is 1. The third-order valence-electron chi connectivity index (χ3n) is 2.45. The van der Waals surface area contributed by atoms with E-state index in [-0.39, 0.29) is 5.69 Å². The Hall–Kier alpha value is -2.17. The number of hydrogen-bond acceptors (Lipinski definition) is 2. The van der Waals surface area contributed by atoms with Crippen LogP contribution in [0.4, 0.5) is 4.39 Å². The molecule has 0 aliphatic carbocycles. The van der Waals surface area contributed by atoms with Crippen LogP contribution in [0.15, 0.2) is 30.3 Å². The third-order valence-corrected chi connectivity index (χ3v) is 2.45. The van der Waals surface area contributed by atoms with E-state index in [0.29, 0.717) is 16.8 Å². The molecule has 1 heterocycles. The van der Waals surface area contributed by atoms with Crippen LogP contribution in [0.5, 0.6) is 0 Å². The van der Waals surface area contributed by atoms with E-state index in [2.05, 4.69) is 10.2 Å². The number of aromatic carboxylic acids is 1. The number of carbonyl (C=O) groups is 1. The lowest BCUT2D eigenvalue weighted by Gasteiger charge is -2.03. The van der Waals surface area contributed by atoms with Crippen molar-refractivity contribution in [1.82, 2.24) is 10.2 Å². The lowest BCUT2D eigenvalue weighted by atomic mass is 10.1.